The van der Waals surface area contributed by atoms with E-state index in [1.165, 1.54) is 19.3 Å². The van der Waals surface area contributed by atoms with Gasteiger partial charge in [0.2, 0.25) is 0 Å². The molecule has 0 bridgehead atoms. The van der Waals surface area contributed by atoms with Crippen molar-refractivity contribution in [2.24, 2.45) is 10.8 Å². The van der Waals surface area contributed by atoms with E-state index in [1.807, 2.05) is 7.05 Å². The third kappa shape index (κ3) is 5.72. The van der Waals surface area contributed by atoms with Crippen LogP contribution in [0.25, 0.3) is 0 Å². The van der Waals surface area contributed by atoms with Gasteiger partial charge in [-0.3, -0.25) is 0 Å². The summed E-state index contributed by atoms with van der Waals surface area (Å²) in [7, 11) is 2.04. The number of hydrogen-bond donors (Lipinski definition) is 1. The van der Waals surface area contributed by atoms with Crippen LogP contribution in [0.1, 0.15) is 67.7 Å². The highest BCUT2D eigenvalue weighted by Gasteiger charge is 2.26. The van der Waals surface area contributed by atoms with Crippen molar-refractivity contribution in [2.75, 3.05) is 13.6 Å². The second-order valence-corrected chi connectivity index (χ2v) is 7.06. The second kappa shape index (κ2) is 6.58. The summed E-state index contributed by atoms with van der Waals surface area (Å²) in [5, 5.41) is 3.28. The lowest BCUT2D eigenvalue weighted by atomic mass is 9.72. The molecule has 1 heteroatoms. The Hall–Kier alpha value is -0.300. The molecule has 0 fully saturated rings. The molecule has 0 rings (SSSR count). The molecule has 0 heterocycles. The van der Waals surface area contributed by atoms with Crippen LogP contribution in [-0.2, 0) is 0 Å². The van der Waals surface area contributed by atoms with E-state index in [9.17, 15) is 0 Å². The summed E-state index contributed by atoms with van der Waals surface area (Å²) in [4.78, 5) is 0. The quantitative estimate of drug-likeness (QED) is 0.681. The zero-order valence-corrected chi connectivity index (χ0v) is 13.3. The molecular weight excluding hydrogens is 206 g/mol. The molecule has 0 amide bonds. The first-order valence-corrected chi connectivity index (χ1v) is 7.02. The number of hydrogen-bond acceptors (Lipinski definition) is 1. The van der Waals surface area contributed by atoms with Gasteiger partial charge >= 0.3 is 0 Å². The van der Waals surface area contributed by atoms with Crippen LogP contribution in [0.2, 0.25) is 0 Å². The van der Waals surface area contributed by atoms with Crippen LogP contribution >= 0.6 is 0 Å². The molecular formula is C16H33N. The van der Waals surface area contributed by atoms with Crippen molar-refractivity contribution in [1.29, 1.82) is 0 Å². The summed E-state index contributed by atoms with van der Waals surface area (Å²) in [6.45, 7) is 17.5. The maximum absolute atomic E-state index is 3.28. The van der Waals surface area contributed by atoms with E-state index in [4.69, 9.17) is 0 Å². The Labute approximate surface area is 109 Å². The van der Waals surface area contributed by atoms with Gasteiger partial charge in [-0.1, -0.05) is 66.0 Å². The molecule has 17 heavy (non-hydrogen) atoms. The van der Waals surface area contributed by atoms with Crippen molar-refractivity contribution < 1.29 is 0 Å². The van der Waals surface area contributed by atoms with Crippen LogP contribution in [0.4, 0.5) is 0 Å². The topological polar surface area (TPSA) is 12.0 Å². The molecule has 0 aromatic heterocycles. The SMILES string of the molecule is CCC/C(=C(\CCNC)C(C)(C)C)C(C)(C)C. The fourth-order valence-electron chi connectivity index (χ4n) is 2.46. The monoisotopic (exact) mass is 239 g/mol. The van der Waals surface area contributed by atoms with E-state index in [0.29, 0.717) is 5.41 Å². The molecule has 0 unspecified atom stereocenters. The summed E-state index contributed by atoms with van der Waals surface area (Å²) in [5.41, 5.74) is 3.91. The minimum Gasteiger partial charge on any atom is -0.319 e. The van der Waals surface area contributed by atoms with Gasteiger partial charge < -0.3 is 5.32 Å². The van der Waals surface area contributed by atoms with E-state index in [0.717, 1.165) is 6.54 Å². The molecule has 0 aliphatic carbocycles. The molecule has 0 aromatic rings. The van der Waals surface area contributed by atoms with Gasteiger partial charge in [0.1, 0.15) is 0 Å². The van der Waals surface area contributed by atoms with E-state index in [-0.39, 0.29) is 5.41 Å². The third-order valence-electron chi connectivity index (χ3n) is 3.30. The predicted molar refractivity (Wildman–Crippen MR) is 79.4 cm³/mol. The van der Waals surface area contributed by atoms with Crippen LogP contribution in [0.3, 0.4) is 0 Å². The molecule has 0 aromatic carbocycles. The van der Waals surface area contributed by atoms with Crippen LogP contribution in [0.5, 0.6) is 0 Å². The van der Waals surface area contributed by atoms with Crippen molar-refractivity contribution in [3.05, 3.63) is 11.1 Å². The Morgan fingerprint density at radius 1 is 0.824 bits per heavy atom. The molecule has 1 nitrogen and oxygen atoms in total. The predicted octanol–water partition coefficient (Wildman–Crippen LogP) is 4.78. The largest absolute Gasteiger partial charge is 0.319 e. The summed E-state index contributed by atoms with van der Waals surface area (Å²) >= 11 is 0. The van der Waals surface area contributed by atoms with Crippen molar-refractivity contribution in [3.8, 4) is 0 Å². The molecule has 0 aliphatic heterocycles. The first kappa shape index (κ1) is 16.7. The summed E-state index contributed by atoms with van der Waals surface area (Å²) in [6.07, 6.45) is 3.65. The van der Waals surface area contributed by atoms with Crippen LogP contribution in [0.15, 0.2) is 11.1 Å². The molecule has 1 N–H and O–H groups in total. The Morgan fingerprint density at radius 2 is 1.24 bits per heavy atom. The smallest absolute Gasteiger partial charge is 0.00143 e. The average Bonchev–Trinajstić information content (AvgIpc) is 2.13. The highest BCUT2D eigenvalue weighted by atomic mass is 14.8. The van der Waals surface area contributed by atoms with Gasteiger partial charge in [-0.15, -0.1) is 0 Å². The van der Waals surface area contributed by atoms with Gasteiger partial charge in [0.05, 0.1) is 0 Å². The molecule has 102 valence electrons. The van der Waals surface area contributed by atoms with Gasteiger partial charge in [0.25, 0.3) is 0 Å². The molecule has 0 spiro atoms. The van der Waals surface area contributed by atoms with Gasteiger partial charge in [0, 0.05) is 0 Å². The normalized spacial score (nSPS) is 14.8. The average molecular weight is 239 g/mol. The first-order valence-electron chi connectivity index (χ1n) is 7.02. The zero-order chi connectivity index (χ0) is 13.7. The fraction of sp³-hybridized carbons (Fsp3) is 0.875. The molecule has 0 aliphatic rings. The lowest BCUT2D eigenvalue weighted by molar-refractivity contribution is 0.414. The third-order valence-corrected chi connectivity index (χ3v) is 3.30. The Balaban J connectivity index is 5.40. The van der Waals surface area contributed by atoms with E-state index < -0.39 is 0 Å². The van der Waals surface area contributed by atoms with Gasteiger partial charge in [-0.05, 0) is 37.3 Å². The molecule has 0 saturated heterocycles. The van der Waals surface area contributed by atoms with Crippen LogP contribution < -0.4 is 5.32 Å². The van der Waals surface area contributed by atoms with Crippen molar-refractivity contribution in [2.45, 2.75) is 67.7 Å². The Morgan fingerprint density at radius 3 is 1.53 bits per heavy atom. The van der Waals surface area contributed by atoms with Gasteiger partial charge in [-0.2, -0.15) is 0 Å². The standard InChI is InChI=1S/C16H33N/c1-9-10-13(15(2,3)4)14(11-12-17-8)16(5,6)7/h17H,9-12H2,1-8H3/b14-13-. The molecule has 0 atom stereocenters. The van der Waals surface area contributed by atoms with Crippen LogP contribution in [-0.4, -0.2) is 13.6 Å². The number of nitrogens with one attached hydrogen (secondary N) is 1. The lowest BCUT2D eigenvalue weighted by Crippen LogP contribution is -2.22. The van der Waals surface area contributed by atoms with E-state index in [1.54, 1.807) is 11.1 Å². The summed E-state index contributed by atoms with van der Waals surface area (Å²) < 4.78 is 0. The number of rotatable bonds is 5. The summed E-state index contributed by atoms with van der Waals surface area (Å²) in [5.74, 6) is 0. The molecule has 0 saturated carbocycles. The van der Waals surface area contributed by atoms with E-state index >= 15 is 0 Å². The van der Waals surface area contributed by atoms with Gasteiger partial charge in [-0.25, -0.2) is 0 Å². The second-order valence-electron chi connectivity index (χ2n) is 7.06. The lowest BCUT2D eigenvalue weighted by Gasteiger charge is -2.34. The van der Waals surface area contributed by atoms with Crippen molar-refractivity contribution >= 4 is 0 Å². The van der Waals surface area contributed by atoms with Gasteiger partial charge in [0.15, 0.2) is 0 Å². The summed E-state index contributed by atoms with van der Waals surface area (Å²) in [6, 6.07) is 0. The fourth-order valence-corrected chi connectivity index (χ4v) is 2.46. The zero-order valence-electron chi connectivity index (χ0n) is 13.3. The van der Waals surface area contributed by atoms with Crippen molar-refractivity contribution in [3.63, 3.8) is 0 Å². The Kier molecular flexibility index (Phi) is 6.47. The number of allylic oxidation sites excluding steroid dienone is 1. The van der Waals surface area contributed by atoms with Crippen molar-refractivity contribution in [1.82, 2.24) is 5.32 Å². The minimum absolute atomic E-state index is 0.286. The van der Waals surface area contributed by atoms with Crippen LogP contribution in [0, 0.1) is 10.8 Å². The first-order chi connectivity index (χ1) is 7.64. The molecule has 0 radical (unpaired) electrons. The highest BCUT2D eigenvalue weighted by Crippen LogP contribution is 2.40. The van der Waals surface area contributed by atoms with E-state index in [2.05, 4.69) is 53.8 Å². The maximum Gasteiger partial charge on any atom is -0.00143 e. The highest BCUT2D eigenvalue weighted by molar-refractivity contribution is 5.25. The maximum atomic E-state index is 3.28. The minimum atomic E-state index is 0.286. The Bertz CT molecular complexity index is 248.